The molecular formula is C13H12N4OS. The molecule has 0 unspecified atom stereocenters. The van der Waals surface area contributed by atoms with Gasteiger partial charge in [0.25, 0.3) is 0 Å². The first-order valence-corrected chi connectivity index (χ1v) is 6.68. The van der Waals surface area contributed by atoms with Crippen molar-refractivity contribution in [1.82, 2.24) is 10.2 Å². The fraction of sp³-hybridized carbons (Fsp3) is 0.231. The maximum Gasteiger partial charge on any atom is 0.244 e. The summed E-state index contributed by atoms with van der Waals surface area (Å²) in [5.74, 6) is 0.403. The number of aryl methyl sites for hydroxylation is 2. The van der Waals surface area contributed by atoms with Crippen LogP contribution in [0.1, 0.15) is 27.6 Å². The largest absolute Gasteiger partial charge is 0.420 e. The van der Waals surface area contributed by atoms with E-state index in [0.29, 0.717) is 11.5 Å². The van der Waals surface area contributed by atoms with Crippen molar-refractivity contribution in [3.05, 3.63) is 44.6 Å². The molecule has 0 amide bonds. The number of allylic oxidation sites excluding steroid dienone is 1. The first-order chi connectivity index (χ1) is 9.13. The van der Waals surface area contributed by atoms with Crippen LogP contribution in [0.4, 0.5) is 0 Å². The quantitative estimate of drug-likeness (QED) is 0.833. The normalized spacial score (nSPS) is 17.8. The topological polar surface area (TPSA) is 87.7 Å². The third-order valence-corrected chi connectivity index (χ3v) is 4.20. The molecule has 0 saturated carbocycles. The molecule has 0 saturated heterocycles. The lowest BCUT2D eigenvalue weighted by Crippen LogP contribution is -2.21. The molecule has 3 N–H and O–H groups in total. The van der Waals surface area contributed by atoms with Gasteiger partial charge < -0.3 is 10.5 Å². The van der Waals surface area contributed by atoms with E-state index in [0.717, 1.165) is 16.8 Å². The highest BCUT2D eigenvalue weighted by Gasteiger charge is 2.35. The third kappa shape index (κ3) is 1.63. The molecule has 3 heterocycles. The van der Waals surface area contributed by atoms with Crippen molar-refractivity contribution in [2.75, 3.05) is 0 Å². The highest BCUT2D eigenvalue weighted by atomic mass is 32.1. The Kier molecular flexibility index (Phi) is 2.57. The molecule has 0 fully saturated rings. The number of ether oxygens (including phenoxy) is 1. The summed E-state index contributed by atoms with van der Waals surface area (Å²) in [6.07, 6.45) is 0. The minimum absolute atomic E-state index is 0.136. The Morgan fingerprint density at radius 2 is 2.32 bits per heavy atom. The zero-order valence-electron chi connectivity index (χ0n) is 10.5. The molecule has 2 aromatic rings. The number of thiophene rings is 1. The molecule has 1 aliphatic heterocycles. The Balaban J connectivity index is 2.28. The van der Waals surface area contributed by atoms with Crippen molar-refractivity contribution >= 4 is 11.3 Å². The van der Waals surface area contributed by atoms with Crippen molar-refractivity contribution in [1.29, 1.82) is 5.26 Å². The van der Waals surface area contributed by atoms with E-state index in [1.165, 1.54) is 4.88 Å². The molecule has 6 heteroatoms. The van der Waals surface area contributed by atoms with Crippen molar-refractivity contribution in [2.45, 2.75) is 19.8 Å². The molecule has 5 nitrogen and oxygen atoms in total. The molecule has 1 atom stereocenters. The van der Waals surface area contributed by atoms with Crippen molar-refractivity contribution in [3.8, 4) is 11.9 Å². The summed E-state index contributed by atoms with van der Waals surface area (Å²) in [5.41, 5.74) is 9.16. The van der Waals surface area contributed by atoms with E-state index >= 15 is 0 Å². The standard InChI is InChI=1S/C13H12N4OS/c1-6-10-11(8-3-4-19-7(8)2)9(5-14)12(15)18-13(10)17-16-6/h3-4,11H,15H2,1-2H3,(H,16,17)/t11-/m1/s1. The van der Waals surface area contributed by atoms with Gasteiger partial charge in [0, 0.05) is 16.1 Å². The van der Waals surface area contributed by atoms with E-state index in [1.807, 2.05) is 25.3 Å². The zero-order valence-corrected chi connectivity index (χ0v) is 11.3. The van der Waals surface area contributed by atoms with Gasteiger partial charge in [-0.1, -0.05) is 0 Å². The summed E-state index contributed by atoms with van der Waals surface area (Å²) < 4.78 is 5.42. The van der Waals surface area contributed by atoms with E-state index in [1.54, 1.807) is 11.3 Å². The summed E-state index contributed by atoms with van der Waals surface area (Å²) in [6.45, 7) is 3.95. The van der Waals surface area contributed by atoms with Gasteiger partial charge in [0.2, 0.25) is 11.8 Å². The minimum atomic E-state index is -0.196. The molecule has 19 heavy (non-hydrogen) atoms. The van der Waals surface area contributed by atoms with Gasteiger partial charge >= 0.3 is 0 Å². The predicted octanol–water partition coefficient (Wildman–Crippen LogP) is 2.31. The van der Waals surface area contributed by atoms with E-state index in [2.05, 4.69) is 16.3 Å². The van der Waals surface area contributed by atoms with Crippen LogP contribution in [0.5, 0.6) is 5.88 Å². The molecule has 0 aliphatic carbocycles. The van der Waals surface area contributed by atoms with Crippen LogP contribution in [0.15, 0.2) is 22.9 Å². The third-order valence-electron chi connectivity index (χ3n) is 3.34. The highest BCUT2D eigenvalue weighted by Crippen LogP contribution is 2.44. The Morgan fingerprint density at radius 3 is 2.95 bits per heavy atom. The van der Waals surface area contributed by atoms with Crippen LogP contribution in [-0.4, -0.2) is 10.2 Å². The van der Waals surface area contributed by atoms with Crippen molar-refractivity contribution in [2.24, 2.45) is 5.73 Å². The summed E-state index contributed by atoms with van der Waals surface area (Å²) in [5, 5.41) is 18.4. The van der Waals surface area contributed by atoms with Gasteiger partial charge in [0.1, 0.15) is 11.6 Å². The maximum atomic E-state index is 9.38. The monoisotopic (exact) mass is 272 g/mol. The molecule has 0 spiro atoms. The van der Waals surface area contributed by atoms with Crippen molar-refractivity contribution < 1.29 is 4.74 Å². The Morgan fingerprint density at radius 1 is 1.53 bits per heavy atom. The lowest BCUT2D eigenvalue weighted by atomic mass is 9.84. The summed E-state index contributed by atoms with van der Waals surface area (Å²) >= 11 is 1.65. The zero-order chi connectivity index (χ0) is 13.6. The van der Waals surface area contributed by atoms with Crippen LogP contribution in [0.25, 0.3) is 0 Å². The number of nitriles is 1. The second-order valence-corrected chi connectivity index (χ2v) is 5.54. The SMILES string of the molecule is Cc1[nH]nc2c1[C@H](c1ccsc1C)C(C#N)=C(N)O2. The molecule has 2 aromatic heterocycles. The minimum Gasteiger partial charge on any atom is -0.420 e. The fourth-order valence-electron chi connectivity index (χ4n) is 2.40. The van der Waals surface area contributed by atoms with Crippen LogP contribution in [-0.2, 0) is 0 Å². The van der Waals surface area contributed by atoms with Gasteiger partial charge in [-0.15, -0.1) is 16.4 Å². The first-order valence-electron chi connectivity index (χ1n) is 5.80. The molecule has 0 aromatic carbocycles. The number of hydrogen-bond donors (Lipinski definition) is 2. The van der Waals surface area contributed by atoms with Crippen LogP contribution >= 0.6 is 11.3 Å². The van der Waals surface area contributed by atoms with Crippen LogP contribution in [0.3, 0.4) is 0 Å². The maximum absolute atomic E-state index is 9.38. The second kappa shape index (κ2) is 4.14. The highest BCUT2D eigenvalue weighted by molar-refractivity contribution is 7.10. The van der Waals surface area contributed by atoms with Gasteiger partial charge in [0.15, 0.2) is 0 Å². The smallest absolute Gasteiger partial charge is 0.244 e. The molecule has 3 rings (SSSR count). The second-order valence-electron chi connectivity index (χ2n) is 4.42. The number of hydrogen-bond acceptors (Lipinski definition) is 5. The summed E-state index contributed by atoms with van der Waals surface area (Å²) in [6, 6.07) is 4.19. The molecule has 0 radical (unpaired) electrons. The average molecular weight is 272 g/mol. The number of nitrogens with one attached hydrogen (secondary N) is 1. The predicted molar refractivity (Wildman–Crippen MR) is 71.7 cm³/mol. The number of H-pyrrole nitrogens is 1. The van der Waals surface area contributed by atoms with Crippen molar-refractivity contribution in [3.63, 3.8) is 0 Å². The summed E-state index contributed by atoms with van der Waals surface area (Å²) in [4.78, 5) is 1.17. The molecular weight excluding hydrogens is 260 g/mol. The van der Waals surface area contributed by atoms with E-state index in [4.69, 9.17) is 10.5 Å². The Labute approximate surface area is 114 Å². The van der Waals surface area contributed by atoms with Gasteiger partial charge in [-0.2, -0.15) is 5.26 Å². The van der Waals surface area contributed by atoms with Gasteiger partial charge in [-0.3, -0.25) is 5.10 Å². The molecule has 0 bridgehead atoms. The van der Waals surface area contributed by atoms with Crippen LogP contribution < -0.4 is 10.5 Å². The molecule has 1 aliphatic rings. The van der Waals surface area contributed by atoms with E-state index in [-0.39, 0.29) is 11.8 Å². The van der Waals surface area contributed by atoms with E-state index < -0.39 is 0 Å². The number of nitrogens with two attached hydrogens (primary N) is 1. The van der Waals surface area contributed by atoms with Gasteiger partial charge in [-0.05, 0) is 30.9 Å². The fourth-order valence-corrected chi connectivity index (χ4v) is 3.14. The average Bonchev–Trinajstić information content (AvgIpc) is 2.95. The van der Waals surface area contributed by atoms with Gasteiger partial charge in [0.05, 0.1) is 5.92 Å². The lowest BCUT2D eigenvalue weighted by molar-refractivity contribution is 0.379. The number of fused-ring (bicyclic) bond motifs is 1. The number of nitrogens with zero attached hydrogens (tertiary/aromatic N) is 2. The number of aromatic amines is 1. The number of rotatable bonds is 1. The van der Waals surface area contributed by atoms with Crippen LogP contribution in [0.2, 0.25) is 0 Å². The lowest BCUT2D eigenvalue weighted by Gasteiger charge is -2.23. The Bertz CT molecular complexity index is 719. The first kappa shape index (κ1) is 11.8. The Hall–Kier alpha value is -2.26. The molecule has 96 valence electrons. The van der Waals surface area contributed by atoms with Crippen LogP contribution in [0, 0.1) is 25.2 Å². The van der Waals surface area contributed by atoms with E-state index in [9.17, 15) is 5.26 Å². The summed E-state index contributed by atoms with van der Waals surface area (Å²) in [7, 11) is 0. The van der Waals surface area contributed by atoms with Gasteiger partial charge in [-0.25, -0.2) is 0 Å². The number of aromatic nitrogens is 2.